The molecule has 1 saturated heterocycles. The standard InChI is InChI=1S/C18H28N6S.HI/c1-19-18(20-9-3-5-15-13-21-23(2)14-15)22-16-7-10-24(11-8-16)17-6-4-12-25-17;/h4,6,12-14,16H,3,5,7-11H2,1-2H3,(H2,19,20,22);1H. The quantitative estimate of drug-likeness (QED) is 0.284. The highest BCUT2D eigenvalue weighted by Gasteiger charge is 2.20. The Morgan fingerprint density at radius 3 is 2.81 bits per heavy atom. The molecule has 0 saturated carbocycles. The molecule has 0 unspecified atom stereocenters. The summed E-state index contributed by atoms with van der Waals surface area (Å²) in [6.07, 6.45) is 8.42. The van der Waals surface area contributed by atoms with Gasteiger partial charge in [0.2, 0.25) is 0 Å². The van der Waals surface area contributed by atoms with Gasteiger partial charge < -0.3 is 15.5 Å². The predicted octanol–water partition coefficient (Wildman–Crippen LogP) is 2.87. The predicted molar refractivity (Wildman–Crippen MR) is 121 cm³/mol. The first-order valence-corrected chi connectivity index (χ1v) is 9.85. The fourth-order valence-corrected chi connectivity index (χ4v) is 3.97. The summed E-state index contributed by atoms with van der Waals surface area (Å²) < 4.78 is 1.85. The average Bonchev–Trinajstić information content (AvgIpc) is 3.30. The molecule has 6 nitrogen and oxygen atoms in total. The molecule has 26 heavy (non-hydrogen) atoms. The van der Waals surface area contributed by atoms with Crippen molar-refractivity contribution in [3.8, 4) is 0 Å². The molecule has 2 aromatic rings. The first-order valence-electron chi connectivity index (χ1n) is 8.98. The van der Waals surface area contributed by atoms with Crippen LogP contribution in [-0.4, -0.2) is 48.5 Å². The lowest BCUT2D eigenvalue weighted by molar-refractivity contribution is 0.462. The van der Waals surface area contributed by atoms with E-state index in [1.165, 1.54) is 10.6 Å². The highest BCUT2D eigenvalue weighted by atomic mass is 127. The first kappa shape index (κ1) is 21.0. The first-order chi connectivity index (χ1) is 12.2. The van der Waals surface area contributed by atoms with Crippen LogP contribution in [-0.2, 0) is 13.5 Å². The molecule has 2 N–H and O–H groups in total. The van der Waals surface area contributed by atoms with Crippen molar-refractivity contribution in [3.05, 3.63) is 35.5 Å². The van der Waals surface area contributed by atoms with Gasteiger partial charge in [-0.25, -0.2) is 0 Å². The summed E-state index contributed by atoms with van der Waals surface area (Å²) in [6.45, 7) is 3.13. The van der Waals surface area contributed by atoms with Gasteiger partial charge in [-0.05, 0) is 48.8 Å². The summed E-state index contributed by atoms with van der Waals surface area (Å²) in [5.74, 6) is 0.917. The van der Waals surface area contributed by atoms with E-state index < -0.39 is 0 Å². The molecular formula is C18H29IN6S. The summed E-state index contributed by atoms with van der Waals surface area (Å²) in [7, 11) is 3.80. The number of aryl methyl sites for hydroxylation is 2. The fourth-order valence-electron chi connectivity index (χ4n) is 3.18. The Hall–Kier alpha value is -1.29. The molecule has 0 spiro atoms. The Labute approximate surface area is 177 Å². The lowest BCUT2D eigenvalue weighted by atomic mass is 10.1. The zero-order chi connectivity index (χ0) is 17.5. The van der Waals surface area contributed by atoms with Gasteiger partial charge in [0.25, 0.3) is 0 Å². The van der Waals surface area contributed by atoms with Crippen LogP contribution in [0.15, 0.2) is 34.9 Å². The molecule has 3 heterocycles. The van der Waals surface area contributed by atoms with Crippen LogP contribution in [0.2, 0.25) is 0 Å². The maximum Gasteiger partial charge on any atom is 0.191 e. The molecule has 0 bridgehead atoms. The van der Waals surface area contributed by atoms with Crippen molar-refractivity contribution in [1.82, 2.24) is 20.4 Å². The lowest BCUT2D eigenvalue weighted by Gasteiger charge is -2.33. The van der Waals surface area contributed by atoms with Crippen LogP contribution in [0.3, 0.4) is 0 Å². The number of aromatic nitrogens is 2. The van der Waals surface area contributed by atoms with E-state index in [0.29, 0.717) is 6.04 Å². The third-order valence-electron chi connectivity index (χ3n) is 4.57. The number of piperidine rings is 1. The average molecular weight is 488 g/mol. The van der Waals surface area contributed by atoms with E-state index in [4.69, 9.17) is 0 Å². The molecular weight excluding hydrogens is 459 g/mol. The number of aliphatic imine (C=N–C) groups is 1. The Balaban J connectivity index is 0.00000243. The number of halogens is 1. The van der Waals surface area contributed by atoms with Crippen molar-refractivity contribution in [2.75, 3.05) is 31.6 Å². The van der Waals surface area contributed by atoms with Crippen molar-refractivity contribution >= 4 is 46.3 Å². The van der Waals surface area contributed by atoms with Gasteiger partial charge in [0.15, 0.2) is 5.96 Å². The van der Waals surface area contributed by atoms with Crippen molar-refractivity contribution in [1.29, 1.82) is 0 Å². The van der Waals surface area contributed by atoms with Crippen molar-refractivity contribution in [2.45, 2.75) is 31.7 Å². The summed E-state index contributed by atoms with van der Waals surface area (Å²) in [5, 5.41) is 14.7. The zero-order valence-corrected chi connectivity index (χ0v) is 18.7. The molecule has 2 aromatic heterocycles. The molecule has 0 aliphatic carbocycles. The lowest BCUT2D eigenvalue weighted by Crippen LogP contribution is -2.48. The van der Waals surface area contributed by atoms with E-state index in [-0.39, 0.29) is 24.0 Å². The number of anilines is 1. The smallest absolute Gasteiger partial charge is 0.191 e. The second-order valence-electron chi connectivity index (χ2n) is 6.48. The van der Waals surface area contributed by atoms with Gasteiger partial charge in [0.1, 0.15) is 0 Å². The van der Waals surface area contributed by atoms with Gasteiger partial charge in [-0.3, -0.25) is 9.67 Å². The molecule has 1 fully saturated rings. The number of guanidine groups is 1. The second-order valence-corrected chi connectivity index (χ2v) is 7.41. The maximum absolute atomic E-state index is 4.37. The monoisotopic (exact) mass is 488 g/mol. The van der Waals surface area contributed by atoms with Gasteiger partial charge >= 0.3 is 0 Å². The minimum absolute atomic E-state index is 0. The Morgan fingerprint density at radius 2 is 2.19 bits per heavy atom. The van der Waals surface area contributed by atoms with Crippen LogP contribution in [0, 0.1) is 0 Å². The van der Waals surface area contributed by atoms with E-state index in [2.05, 4.69) is 49.3 Å². The highest BCUT2D eigenvalue weighted by molar-refractivity contribution is 14.0. The van der Waals surface area contributed by atoms with Crippen molar-refractivity contribution < 1.29 is 0 Å². The summed E-state index contributed by atoms with van der Waals surface area (Å²) >= 11 is 1.83. The third-order valence-corrected chi connectivity index (χ3v) is 5.50. The van der Waals surface area contributed by atoms with Gasteiger partial charge in [0.05, 0.1) is 11.2 Å². The van der Waals surface area contributed by atoms with Crippen molar-refractivity contribution in [3.63, 3.8) is 0 Å². The Morgan fingerprint density at radius 1 is 1.38 bits per heavy atom. The summed E-state index contributed by atoms with van der Waals surface area (Å²) in [5.41, 5.74) is 1.29. The van der Waals surface area contributed by atoms with Crippen LogP contribution < -0.4 is 15.5 Å². The number of rotatable bonds is 6. The van der Waals surface area contributed by atoms with E-state index in [1.54, 1.807) is 0 Å². The maximum atomic E-state index is 4.37. The van der Waals surface area contributed by atoms with Crippen LogP contribution in [0.25, 0.3) is 0 Å². The number of hydrogen-bond donors (Lipinski definition) is 2. The molecule has 0 atom stereocenters. The Bertz CT molecular complexity index is 661. The SMILES string of the molecule is CN=C(NCCCc1cnn(C)c1)NC1CCN(c2cccs2)CC1.I. The van der Waals surface area contributed by atoms with Crippen LogP contribution >= 0.6 is 35.3 Å². The summed E-state index contributed by atoms with van der Waals surface area (Å²) in [4.78, 5) is 6.85. The summed E-state index contributed by atoms with van der Waals surface area (Å²) in [6, 6.07) is 4.84. The van der Waals surface area contributed by atoms with E-state index in [0.717, 1.165) is 51.3 Å². The Kier molecular flexibility index (Phi) is 8.70. The number of thiophene rings is 1. The molecule has 1 aliphatic rings. The zero-order valence-electron chi connectivity index (χ0n) is 15.5. The van der Waals surface area contributed by atoms with Gasteiger partial charge in [-0.15, -0.1) is 35.3 Å². The van der Waals surface area contributed by atoms with Crippen LogP contribution in [0.5, 0.6) is 0 Å². The number of nitrogens with one attached hydrogen (secondary N) is 2. The molecule has 1 aliphatic heterocycles. The molecule has 0 amide bonds. The fraction of sp³-hybridized carbons (Fsp3) is 0.556. The highest BCUT2D eigenvalue weighted by Crippen LogP contribution is 2.24. The number of hydrogen-bond acceptors (Lipinski definition) is 4. The van der Waals surface area contributed by atoms with Crippen molar-refractivity contribution in [2.24, 2.45) is 12.0 Å². The van der Waals surface area contributed by atoms with Gasteiger partial charge in [-0.2, -0.15) is 5.10 Å². The van der Waals surface area contributed by atoms with Crippen LogP contribution in [0.4, 0.5) is 5.00 Å². The molecule has 0 radical (unpaired) electrons. The van der Waals surface area contributed by atoms with Crippen LogP contribution in [0.1, 0.15) is 24.8 Å². The largest absolute Gasteiger partial charge is 0.363 e. The normalized spacial score (nSPS) is 15.6. The third kappa shape index (κ3) is 6.15. The molecule has 3 rings (SSSR count). The van der Waals surface area contributed by atoms with E-state index in [1.807, 2.05) is 36.3 Å². The topological polar surface area (TPSA) is 57.5 Å². The van der Waals surface area contributed by atoms with E-state index >= 15 is 0 Å². The number of nitrogens with zero attached hydrogens (tertiary/aromatic N) is 4. The minimum atomic E-state index is 0. The van der Waals surface area contributed by atoms with Gasteiger partial charge in [-0.1, -0.05) is 0 Å². The molecule has 0 aromatic carbocycles. The molecule has 144 valence electrons. The van der Waals surface area contributed by atoms with E-state index in [9.17, 15) is 0 Å². The minimum Gasteiger partial charge on any atom is -0.363 e. The second kappa shape index (κ2) is 10.8. The molecule has 8 heteroatoms. The van der Waals surface area contributed by atoms with Gasteiger partial charge in [0, 0.05) is 46.0 Å².